The van der Waals surface area contributed by atoms with E-state index in [2.05, 4.69) is 27.8 Å². The summed E-state index contributed by atoms with van der Waals surface area (Å²) in [5.74, 6) is 4.57. The highest BCUT2D eigenvalue weighted by Gasteiger charge is 2.08. The Morgan fingerprint density at radius 1 is 1.50 bits per heavy atom. The quantitative estimate of drug-likeness (QED) is 0.336. The van der Waals surface area contributed by atoms with E-state index in [0.717, 1.165) is 12.1 Å². The molecule has 0 aliphatic heterocycles. The van der Waals surface area contributed by atoms with Crippen LogP contribution < -0.4 is 0 Å². The lowest BCUT2D eigenvalue weighted by atomic mass is 10.2. The van der Waals surface area contributed by atoms with E-state index in [0.29, 0.717) is 10.9 Å². The summed E-state index contributed by atoms with van der Waals surface area (Å²) in [7, 11) is 0. The Balaban J connectivity index is 3.13. The van der Waals surface area contributed by atoms with Crippen LogP contribution in [0.4, 0.5) is 10.1 Å². The molecular formula is C9H5BrFNO2. The van der Waals surface area contributed by atoms with Gasteiger partial charge < -0.3 is 0 Å². The number of nitrogens with zero attached hydrogens (tertiary/aromatic N) is 1. The zero-order chi connectivity index (χ0) is 10.6. The number of benzene rings is 1. The van der Waals surface area contributed by atoms with Crippen molar-refractivity contribution in [2.24, 2.45) is 0 Å². The zero-order valence-corrected chi connectivity index (χ0v) is 8.54. The molecule has 0 amide bonds. The first-order valence-electron chi connectivity index (χ1n) is 3.63. The average molecular weight is 258 g/mol. The Morgan fingerprint density at radius 3 is 2.79 bits per heavy atom. The molecule has 0 aromatic heterocycles. The monoisotopic (exact) mass is 257 g/mol. The number of nitro groups is 1. The lowest BCUT2D eigenvalue weighted by Crippen LogP contribution is -1.90. The number of rotatable bonds is 1. The summed E-state index contributed by atoms with van der Waals surface area (Å²) in [4.78, 5) is 9.71. The SMILES string of the molecule is O=[N+]([O-])c1cc(F)cc(C#CCBr)c1. The third-order valence-corrected chi connectivity index (χ3v) is 1.67. The maximum atomic E-state index is 12.8. The summed E-state index contributed by atoms with van der Waals surface area (Å²) in [6.45, 7) is 0. The van der Waals surface area contributed by atoms with E-state index in [1.807, 2.05) is 0 Å². The maximum absolute atomic E-state index is 12.8. The standard InChI is InChI=1S/C9H5BrFNO2/c10-3-1-2-7-4-8(11)6-9(5-7)12(13)14/h4-6H,3H2. The smallest absolute Gasteiger partial charge is 0.258 e. The van der Waals surface area contributed by atoms with Crippen LogP contribution in [0.2, 0.25) is 0 Å². The fourth-order valence-electron chi connectivity index (χ4n) is 0.887. The summed E-state index contributed by atoms with van der Waals surface area (Å²) in [6, 6.07) is 3.25. The van der Waals surface area contributed by atoms with E-state index in [-0.39, 0.29) is 5.69 Å². The van der Waals surface area contributed by atoms with Gasteiger partial charge in [0.2, 0.25) is 0 Å². The highest BCUT2D eigenvalue weighted by molar-refractivity contribution is 9.09. The molecule has 0 radical (unpaired) electrons. The number of nitro benzene ring substituents is 1. The molecule has 0 unspecified atom stereocenters. The van der Waals surface area contributed by atoms with Crippen molar-refractivity contribution in [2.75, 3.05) is 5.33 Å². The molecule has 14 heavy (non-hydrogen) atoms. The Bertz CT molecular complexity index is 423. The van der Waals surface area contributed by atoms with Crippen LogP contribution in [0.3, 0.4) is 0 Å². The molecule has 0 atom stereocenters. The van der Waals surface area contributed by atoms with E-state index in [9.17, 15) is 14.5 Å². The second kappa shape index (κ2) is 4.72. The maximum Gasteiger partial charge on any atom is 0.273 e. The van der Waals surface area contributed by atoms with Gasteiger partial charge >= 0.3 is 0 Å². The average Bonchev–Trinajstić information content (AvgIpc) is 2.14. The largest absolute Gasteiger partial charge is 0.273 e. The van der Waals surface area contributed by atoms with Gasteiger partial charge in [-0.05, 0) is 6.07 Å². The lowest BCUT2D eigenvalue weighted by molar-refractivity contribution is -0.385. The molecule has 5 heteroatoms. The molecule has 0 aliphatic carbocycles. The molecule has 3 nitrogen and oxygen atoms in total. The van der Waals surface area contributed by atoms with Gasteiger partial charge in [-0.1, -0.05) is 27.8 Å². The lowest BCUT2D eigenvalue weighted by Gasteiger charge is -1.93. The Hall–Kier alpha value is -1.41. The van der Waals surface area contributed by atoms with Gasteiger partial charge in [-0.15, -0.1) is 0 Å². The van der Waals surface area contributed by atoms with Gasteiger partial charge in [0.25, 0.3) is 5.69 Å². The van der Waals surface area contributed by atoms with Gasteiger partial charge in [0.05, 0.1) is 16.3 Å². The van der Waals surface area contributed by atoms with Crippen molar-refractivity contribution in [3.8, 4) is 11.8 Å². The first-order chi connectivity index (χ1) is 6.63. The van der Waals surface area contributed by atoms with Crippen molar-refractivity contribution in [2.45, 2.75) is 0 Å². The van der Waals surface area contributed by atoms with E-state index in [1.54, 1.807) is 0 Å². The van der Waals surface area contributed by atoms with E-state index in [1.165, 1.54) is 6.07 Å². The summed E-state index contributed by atoms with van der Waals surface area (Å²) in [5, 5.41) is 10.8. The Labute approximate surface area is 88.2 Å². The molecule has 72 valence electrons. The van der Waals surface area contributed by atoms with E-state index >= 15 is 0 Å². The molecule has 0 heterocycles. The molecule has 0 bridgehead atoms. The normalized spacial score (nSPS) is 9.00. The van der Waals surface area contributed by atoms with Crippen molar-refractivity contribution in [3.63, 3.8) is 0 Å². The van der Waals surface area contributed by atoms with Crippen LogP contribution >= 0.6 is 15.9 Å². The van der Waals surface area contributed by atoms with Crippen molar-refractivity contribution in [3.05, 3.63) is 39.7 Å². The summed E-state index contributed by atoms with van der Waals surface area (Å²) in [6.07, 6.45) is 0. The Morgan fingerprint density at radius 2 is 2.21 bits per heavy atom. The van der Waals surface area contributed by atoms with Crippen molar-refractivity contribution < 1.29 is 9.31 Å². The van der Waals surface area contributed by atoms with Crippen LogP contribution in [0.1, 0.15) is 5.56 Å². The highest BCUT2D eigenvalue weighted by atomic mass is 79.9. The number of alkyl halides is 1. The minimum Gasteiger partial charge on any atom is -0.258 e. The molecule has 0 spiro atoms. The molecule has 1 aromatic carbocycles. The van der Waals surface area contributed by atoms with Crippen LogP contribution in [0, 0.1) is 27.8 Å². The van der Waals surface area contributed by atoms with Gasteiger partial charge in [0.1, 0.15) is 5.82 Å². The third-order valence-electron chi connectivity index (χ3n) is 1.39. The highest BCUT2D eigenvalue weighted by Crippen LogP contribution is 2.15. The predicted molar refractivity (Wildman–Crippen MR) is 53.7 cm³/mol. The molecule has 1 aromatic rings. The van der Waals surface area contributed by atoms with Crippen LogP contribution in [-0.2, 0) is 0 Å². The van der Waals surface area contributed by atoms with Crippen molar-refractivity contribution in [1.82, 2.24) is 0 Å². The molecule has 0 saturated heterocycles. The molecule has 1 rings (SSSR count). The first kappa shape index (κ1) is 10.7. The van der Waals surface area contributed by atoms with Gasteiger partial charge in [-0.2, -0.15) is 0 Å². The van der Waals surface area contributed by atoms with Crippen LogP contribution in [0.25, 0.3) is 0 Å². The van der Waals surface area contributed by atoms with E-state index in [4.69, 9.17) is 0 Å². The fraction of sp³-hybridized carbons (Fsp3) is 0.111. The molecule has 0 N–H and O–H groups in total. The second-order valence-corrected chi connectivity index (χ2v) is 2.95. The molecule has 0 aliphatic rings. The number of hydrogen-bond donors (Lipinski definition) is 0. The van der Waals surface area contributed by atoms with Gasteiger partial charge in [0, 0.05) is 11.6 Å². The minimum absolute atomic E-state index is 0.288. The number of hydrogen-bond acceptors (Lipinski definition) is 2. The fourth-order valence-corrected chi connectivity index (χ4v) is 1.03. The van der Waals surface area contributed by atoms with Crippen LogP contribution in [0.15, 0.2) is 18.2 Å². The summed E-state index contributed by atoms with van der Waals surface area (Å²) in [5.41, 5.74) is 0.0139. The predicted octanol–water partition coefficient (Wildman–Crippen LogP) is 2.48. The van der Waals surface area contributed by atoms with Crippen molar-refractivity contribution in [1.29, 1.82) is 0 Å². The summed E-state index contributed by atoms with van der Waals surface area (Å²) < 4.78 is 12.8. The third kappa shape index (κ3) is 2.82. The molecular weight excluding hydrogens is 253 g/mol. The van der Waals surface area contributed by atoms with Crippen LogP contribution in [0.5, 0.6) is 0 Å². The number of non-ortho nitro benzene ring substituents is 1. The topological polar surface area (TPSA) is 43.1 Å². The zero-order valence-electron chi connectivity index (χ0n) is 6.96. The molecule has 0 saturated carbocycles. The van der Waals surface area contributed by atoms with Gasteiger partial charge in [-0.25, -0.2) is 4.39 Å². The minimum atomic E-state index is -0.655. The van der Waals surface area contributed by atoms with Crippen LogP contribution in [-0.4, -0.2) is 10.3 Å². The van der Waals surface area contributed by atoms with E-state index < -0.39 is 10.7 Å². The second-order valence-electron chi connectivity index (χ2n) is 2.39. The summed E-state index contributed by atoms with van der Waals surface area (Å²) >= 11 is 3.07. The van der Waals surface area contributed by atoms with Crippen molar-refractivity contribution >= 4 is 21.6 Å². The Kier molecular flexibility index (Phi) is 3.60. The number of halogens is 2. The molecule has 0 fully saturated rings. The van der Waals surface area contributed by atoms with Gasteiger partial charge in [-0.3, -0.25) is 10.1 Å². The first-order valence-corrected chi connectivity index (χ1v) is 4.75. The van der Waals surface area contributed by atoms with Gasteiger partial charge in [0.15, 0.2) is 0 Å².